The van der Waals surface area contributed by atoms with E-state index >= 15 is 0 Å². The van der Waals surface area contributed by atoms with E-state index in [1.54, 1.807) is 10.8 Å². The topological polar surface area (TPSA) is 60.1 Å². The summed E-state index contributed by atoms with van der Waals surface area (Å²) in [6, 6.07) is 5.95. The van der Waals surface area contributed by atoms with E-state index in [1.807, 2.05) is 18.2 Å². The zero-order chi connectivity index (χ0) is 13.8. The first kappa shape index (κ1) is 13.2. The summed E-state index contributed by atoms with van der Waals surface area (Å²) >= 11 is 1.04. The molecule has 104 valence electrons. The summed E-state index contributed by atoms with van der Waals surface area (Å²) in [6.07, 6.45) is 9.21. The molecule has 0 N–H and O–H groups in total. The van der Waals surface area contributed by atoms with Crippen molar-refractivity contribution in [2.45, 2.75) is 38.1 Å². The van der Waals surface area contributed by atoms with E-state index in [2.05, 4.69) is 8.75 Å². The minimum absolute atomic E-state index is 0.172. The predicted octanol–water partition coefficient (Wildman–Crippen LogP) is 2.26. The van der Waals surface area contributed by atoms with Crippen molar-refractivity contribution in [2.24, 2.45) is 4.99 Å². The Balaban J connectivity index is 1.95. The second kappa shape index (κ2) is 6.09. The Morgan fingerprint density at radius 1 is 1.30 bits per heavy atom. The molecule has 3 rings (SSSR count). The van der Waals surface area contributed by atoms with E-state index < -0.39 is 0 Å². The number of hydrogen-bond acceptors (Lipinski definition) is 5. The highest BCUT2D eigenvalue weighted by atomic mass is 32.1. The van der Waals surface area contributed by atoms with Crippen molar-refractivity contribution in [1.29, 1.82) is 0 Å². The van der Waals surface area contributed by atoms with Gasteiger partial charge in [0.15, 0.2) is 5.69 Å². The van der Waals surface area contributed by atoms with Gasteiger partial charge < -0.3 is 0 Å². The molecule has 5 nitrogen and oxygen atoms in total. The lowest BCUT2D eigenvalue weighted by atomic mass is 9.96. The van der Waals surface area contributed by atoms with Crippen LogP contribution in [-0.2, 0) is 0 Å². The van der Waals surface area contributed by atoms with Gasteiger partial charge in [-0.15, -0.1) is 0 Å². The average Bonchev–Trinajstić information content (AvgIpc) is 3.02. The van der Waals surface area contributed by atoms with Crippen LogP contribution in [0.1, 0.15) is 42.6 Å². The lowest BCUT2D eigenvalue weighted by Crippen LogP contribution is -2.29. The molecular weight excluding hydrogens is 272 g/mol. The van der Waals surface area contributed by atoms with Crippen molar-refractivity contribution >= 4 is 17.6 Å². The van der Waals surface area contributed by atoms with Crippen LogP contribution in [0, 0.1) is 0 Å². The fourth-order valence-electron chi connectivity index (χ4n) is 2.49. The molecule has 1 aliphatic rings. The van der Waals surface area contributed by atoms with Crippen LogP contribution in [0.2, 0.25) is 0 Å². The third kappa shape index (κ3) is 2.85. The number of hydrogen-bond donors (Lipinski definition) is 0. The molecule has 0 atom stereocenters. The number of pyridine rings is 1. The highest BCUT2D eigenvalue weighted by Crippen LogP contribution is 2.19. The Labute approximate surface area is 121 Å². The molecule has 0 saturated heterocycles. The first-order valence-corrected chi connectivity index (χ1v) is 7.61. The zero-order valence-corrected chi connectivity index (χ0v) is 11.9. The summed E-state index contributed by atoms with van der Waals surface area (Å²) in [5.41, 5.74) is 1.07. The van der Waals surface area contributed by atoms with Crippen LogP contribution in [0.5, 0.6) is 0 Å². The molecule has 1 saturated carbocycles. The number of carbonyl (C=O) groups excluding carboxylic acids is 1. The molecule has 1 fully saturated rings. The first-order valence-electron chi connectivity index (χ1n) is 6.88. The molecule has 0 radical (unpaired) electrons. The third-order valence-corrected chi connectivity index (χ3v) is 4.01. The van der Waals surface area contributed by atoms with Crippen LogP contribution in [0.15, 0.2) is 35.6 Å². The molecule has 0 unspecified atom stereocenters. The molecule has 0 bridgehead atoms. The fourth-order valence-corrected chi connectivity index (χ4v) is 2.90. The Kier molecular flexibility index (Phi) is 4.01. The van der Waals surface area contributed by atoms with Crippen molar-refractivity contribution in [3.63, 3.8) is 0 Å². The molecule has 0 spiro atoms. The van der Waals surface area contributed by atoms with E-state index in [4.69, 9.17) is 4.99 Å². The predicted molar refractivity (Wildman–Crippen MR) is 76.5 cm³/mol. The van der Waals surface area contributed by atoms with Gasteiger partial charge in [-0.2, -0.15) is 8.75 Å². The van der Waals surface area contributed by atoms with E-state index in [0.717, 1.165) is 24.6 Å². The van der Waals surface area contributed by atoms with Crippen LogP contribution < -0.4 is 5.49 Å². The molecule has 6 heteroatoms. The summed E-state index contributed by atoms with van der Waals surface area (Å²) in [6.45, 7) is 0. The van der Waals surface area contributed by atoms with Crippen molar-refractivity contribution in [3.05, 3.63) is 41.8 Å². The van der Waals surface area contributed by atoms with Crippen LogP contribution in [0.3, 0.4) is 0 Å². The number of nitrogens with zero attached hydrogens (tertiary/aromatic N) is 4. The van der Waals surface area contributed by atoms with E-state index in [0.29, 0.717) is 17.2 Å². The average molecular weight is 288 g/mol. The van der Waals surface area contributed by atoms with Crippen LogP contribution >= 0.6 is 11.7 Å². The molecule has 2 aromatic heterocycles. The normalized spacial score (nSPS) is 17.3. The molecule has 0 amide bonds. The molecular formula is C14H16N4OS. The maximum atomic E-state index is 12.4. The Morgan fingerprint density at radius 2 is 2.15 bits per heavy atom. The lowest BCUT2D eigenvalue weighted by Gasteiger charge is -2.17. The minimum Gasteiger partial charge on any atom is -0.266 e. The minimum atomic E-state index is -0.172. The summed E-state index contributed by atoms with van der Waals surface area (Å²) in [5.74, 6) is -0.172. The Bertz CT molecular complexity index is 641. The second-order valence-corrected chi connectivity index (χ2v) is 5.50. The fraction of sp³-hybridized carbons (Fsp3) is 0.429. The molecule has 2 heterocycles. The lowest BCUT2D eigenvalue weighted by molar-refractivity contribution is 0.0950. The highest BCUT2D eigenvalue weighted by Gasteiger charge is 2.14. The van der Waals surface area contributed by atoms with Gasteiger partial charge in [0.1, 0.15) is 5.49 Å². The number of aromatic nitrogens is 3. The summed E-state index contributed by atoms with van der Waals surface area (Å²) < 4.78 is 9.44. The molecule has 0 aliphatic heterocycles. The van der Waals surface area contributed by atoms with Gasteiger partial charge in [0.25, 0.3) is 5.91 Å². The maximum absolute atomic E-state index is 12.4. The summed E-state index contributed by atoms with van der Waals surface area (Å²) in [7, 11) is 0. The SMILES string of the molecule is O=C(c1cnsn1)n1ccccc1=NC1CCCCC1. The van der Waals surface area contributed by atoms with Gasteiger partial charge in [-0.05, 0) is 25.0 Å². The third-order valence-electron chi connectivity index (χ3n) is 3.53. The van der Waals surface area contributed by atoms with Crippen molar-refractivity contribution < 1.29 is 4.79 Å². The van der Waals surface area contributed by atoms with Crippen LogP contribution in [0.4, 0.5) is 0 Å². The van der Waals surface area contributed by atoms with E-state index in [1.165, 1.54) is 25.5 Å². The molecule has 1 aliphatic carbocycles. The Hall–Kier alpha value is -1.82. The quantitative estimate of drug-likeness (QED) is 0.851. The standard InChI is InChI=1S/C14H16N4OS/c19-14(12-10-15-20-17-12)18-9-5-4-8-13(18)16-11-6-2-1-3-7-11/h4-5,8-11H,1-3,6-7H2. The smallest absolute Gasteiger partial charge is 0.266 e. The van der Waals surface area contributed by atoms with Gasteiger partial charge in [-0.1, -0.05) is 25.3 Å². The zero-order valence-electron chi connectivity index (χ0n) is 11.1. The van der Waals surface area contributed by atoms with Gasteiger partial charge in [0, 0.05) is 6.20 Å². The van der Waals surface area contributed by atoms with Gasteiger partial charge in [-0.25, -0.2) is 0 Å². The van der Waals surface area contributed by atoms with Crippen LogP contribution in [0.25, 0.3) is 0 Å². The van der Waals surface area contributed by atoms with Crippen LogP contribution in [-0.4, -0.2) is 25.3 Å². The largest absolute Gasteiger partial charge is 0.284 e. The van der Waals surface area contributed by atoms with Gasteiger partial charge >= 0.3 is 0 Å². The van der Waals surface area contributed by atoms with Crippen molar-refractivity contribution in [3.8, 4) is 0 Å². The molecule has 20 heavy (non-hydrogen) atoms. The first-order chi connectivity index (χ1) is 9.84. The Morgan fingerprint density at radius 3 is 2.90 bits per heavy atom. The number of rotatable bonds is 2. The molecule has 0 aromatic carbocycles. The van der Waals surface area contributed by atoms with E-state index in [-0.39, 0.29) is 5.91 Å². The monoisotopic (exact) mass is 288 g/mol. The summed E-state index contributed by atoms with van der Waals surface area (Å²) in [5, 5.41) is 0. The summed E-state index contributed by atoms with van der Waals surface area (Å²) in [4.78, 5) is 17.1. The van der Waals surface area contributed by atoms with Gasteiger partial charge in [0.05, 0.1) is 24.0 Å². The molecule has 2 aromatic rings. The number of carbonyl (C=O) groups is 1. The van der Waals surface area contributed by atoms with Gasteiger partial charge in [0.2, 0.25) is 0 Å². The maximum Gasteiger partial charge on any atom is 0.284 e. The van der Waals surface area contributed by atoms with E-state index in [9.17, 15) is 4.79 Å². The van der Waals surface area contributed by atoms with Crippen molar-refractivity contribution in [1.82, 2.24) is 13.3 Å². The highest BCUT2D eigenvalue weighted by molar-refractivity contribution is 6.99. The van der Waals surface area contributed by atoms with Gasteiger partial charge in [-0.3, -0.25) is 14.4 Å². The second-order valence-electron chi connectivity index (χ2n) is 4.95. The van der Waals surface area contributed by atoms with Crippen molar-refractivity contribution in [2.75, 3.05) is 0 Å².